The second-order valence-corrected chi connectivity index (χ2v) is 4.26. The Balaban J connectivity index is 2.32. The van der Waals surface area contributed by atoms with E-state index in [1.807, 2.05) is 30.5 Å². The first kappa shape index (κ1) is 8.73. The van der Waals surface area contributed by atoms with E-state index in [-0.39, 0.29) is 0 Å². The Labute approximate surface area is 94.6 Å². The highest BCUT2D eigenvalue weighted by molar-refractivity contribution is 9.10. The minimum absolute atomic E-state index is 0.955. The fraction of sp³-hybridized carbons (Fsp3) is 0. The second kappa shape index (κ2) is 3.24. The van der Waals surface area contributed by atoms with Gasteiger partial charge in [-0.15, -0.1) is 0 Å². The summed E-state index contributed by atoms with van der Waals surface area (Å²) in [5, 5.41) is 8.43. The van der Waals surface area contributed by atoms with Crippen LogP contribution in [0.1, 0.15) is 0 Å². The molecule has 15 heavy (non-hydrogen) atoms. The van der Waals surface area contributed by atoms with Gasteiger partial charge in [0.05, 0.1) is 11.2 Å². The van der Waals surface area contributed by atoms with Crippen LogP contribution in [0.5, 0.6) is 0 Å². The molecule has 0 fully saturated rings. The maximum absolute atomic E-state index is 4.30. The van der Waals surface area contributed by atoms with Crippen LogP contribution >= 0.6 is 15.9 Å². The lowest BCUT2D eigenvalue weighted by molar-refractivity contribution is 1.12. The van der Waals surface area contributed by atoms with Gasteiger partial charge in [0.25, 0.3) is 0 Å². The lowest BCUT2D eigenvalue weighted by Gasteiger charge is -1.94. The number of aromatic nitrogens is 3. The fourth-order valence-corrected chi connectivity index (χ4v) is 2.03. The van der Waals surface area contributed by atoms with E-state index in [0.717, 1.165) is 26.8 Å². The molecule has 0 aliphatic rings. The summed E-state index contributed by atoms with van der Waals surface area (Å²) in [4.78, 5) is 3.15. The molecule has 0 saturated carbocycles. The molecule has 2 N–H and O–H groups in total. The van der Waals surface area contributed by atoms with Crippen LogP contribution in [-0.2, 0) is 0 Å². The van der Waals surface area contributed by atoms with Crippen LogP contribution in [0.25, 0.3) is 22.3 Å². The first-order chi connectivity index (χ1) is 7.34. The standard InChI is InChI=1S/C11H8BrN3/c12-7-3-4-9-8(6-7)11(15-14-9)10-2-1-5-13-10/h1-6,13H,(H,14,15). The van der Waals surface area contributed by atoms with E-state index in [0.29, 0.717) is 0 Å². The number of H-pyrrole nitrogens is 2. The van der Waals surface area contributed by atoms with Crippen molar-refractivity contribution in [2.24, 2.45) is 0 Å². The first-order valence-electron chi connectivity index (χ1n) is 4.62. The second-order valence-electron chi connectivity index (χ2n) is 3.35. The van der Waals surface area contributed by atoms with E-state index in [1.54, 1.807) is 0 Å². The number of benzene rings is 1. The van der Waals surface area contributed by atoms with Crippen LogP contribution < -0.4 is 0 Å². The van der Waals surface area contributed by atoms with Crippen molar-refractivity contribution in [3.8, 4) is 11.4 Å². The third-order valence-corrected chi connectivity index (χ3v) is 2.87. The Hall–Kier alpha value is -1.55. The molecule has 0 atom stereocenters. The molecule has 0 radical (unpaired) electrons. The van der Waals surface area contributed by atoms with Crippen LogP contribution in [-0.4, -0.2) is 15.2 Å². The lowest BCUT2D eigenvalue weighted by Crippen LogP contribution is -1.77. The number of fused-ring (bicyclic) bond motifs is 1. The molecule has 0 amide bonds. The molecule has 2 heterocycles. The Morgan fingerprint density at radius 2 is 2.13 bits per heavy atom. The summed E-state index contributed by atoms with van der Waals surface area (Å²) in [6, 6.07) is 10.1. The van der Waals surface area contributed by atoms with Gasteiger partial charge in [0.15, 0.2) is 0 Å². The third kappa shape index (κ3) is 1.37. The van der Waals surface area contributed by atoms with E-state index in [2.05, 4.69) is 37.2 Å². The average Bonchev–Trinajstić information content (AvgIpc) is 2.83. The summed E-state index contributed by atoms with van der Waals surface area (Å²) in [5.74, 6) is 0. The summed E-state index contributed by atoms with van der Waals surface area (Å²) in [6.45, 7) is 0. The molecular weight excluding hydrogens is 254 g/mol. The van der Waals surface area contributed by atoms with Gasteiger partial charge in [-0.05, 0) is 30.3 Å². The van der Waals surface area contributed by atoms with Crippen molar-refractivity contribution >= 4 is 26.8 Å². The minimum Gasteiger partial charge on any atom is -0.360 e. The third-order valence-electron chi connectivity index (χ3n) is 2.38. The minimum atomic E-state index is 0.955. The number of nitrogens with one attached hydrogen (secondary N) is 2. The monoisotopic (exact) mass is 261 g/mol. The molecule has 0 aliphatic carbocycles. The molecule has 0 spiro atoms. The number of aromatic amines is 2. The van der Waals surface area contributed by atoms with Crippen molar-refractivity contribution in [1.29, 1.82) is 0 Å². The van der Waals surface area contributed by atoms with E-state index in [4.69, 9.17) is 0 Å². The van der Waals surface area contributed by atoms with Crippen molar-refractivity contribution in [3.63, 3.8) is 0 Å². The fourth-order valence-electron chi connectivity index (χ4n) is 1.67. The zero-order valence-corrected chi connectivity index (χ0v) is 9.38. The average molecular weight is 262 g/mol. The quantitative estimate of drug-likeness (QED) is 0.694. The van der Waals surface area contributed by atoms with Gasteiger partial charge in [0.1, 0.15) is 5.69 Å². The maximum atomic E-state index is 4.30. The van der Waals surface area contributed by atoms with Gasteiger partial charge in [0.2, 0.25) is 0 Å². The van der Waals surface area contributed by atoms with Crippen LogP contribution in [0.4, 0.5) is 0 Å². The topological polar surface area (TPSA) is 44.5 Å². The van der Waals surface area contributed by atoms with E-state index >= 15 is 0 Å². The van der Waals surface area contributed by atoms with Crippen molar-refractivity contribution in [3.05, 3.63) is 41.0 Å². The highest BCUT2D eigenvalue weighted by Gasteiger charge is 2.08. The largest absolute Gasteiger partial charge is 0.360 e. The van der Waals surface area contributed by atoms with Crippen LogP contribution in [0.15, 0.2) is 41.0 Å². The number of hydrogen-bond donors (Lipinski definition) is 2. The summed E-state index contributed by atoms with van der Waals surface area (Å²) in [7, 11) is 0. The molecule has 3 nitrogen and oxygen atoms in total. The van der Waals surface area contributed by atoms with Gasteiger partial charge in [-0.3, -0.25) is 5.10 Å². The first-order valence-corrected chi connectivity index (χ1v) is 5.41. The molecule has 74 valence electrons. The molecule has 2 aromatic heterocycles. The molecule has 0 saturated heterocycles. The van der Waals surface area contributed by atoms with Crippen molar-refractivity contribution in [1.82, 2.24) is 15.2 Å². The smallest absolute Gasteiger partial charge is 0.116 e. The van der Waals surface area contributed by atoms with Crippen molar-refractivity contribution in [2.45, 2.75) is 0 Å². The zero-order chi connectivity index (χ0) is 10.3. The Morgan fingerprint density at radius 3 is 2.93 bits per heavy atom. The molecule has 0 unspecified atom stereocenters. The van der Waals surface area contributed by atoms with Gasteiger partial charge in [-0.2, -0.15) is 5.10 Å². The van der Waals surface area contributed by atoms with E-state index in [9.17, 15) is 0 Å². The predicted molar refractivity (Wildman–Crippen MR) is 63.6 cm³/mol. The Bertz CT molecular complexity index is 595. The maximum Gasteiger partial charge on any atom is 0.116 e. The summed E-state index contributed by atoms with van der Waals surface area (Å²) >= 11 is 3.46. The van der Waals surface area contributed by atoms with Crippen LogP contribution in [0.2, 0.25) is 0 Å². The van der Waals surface area contributed by atoms with Crippen LogP contribution in [0, 0.1) is 0 Å². The highest BCUT2D eigenvalue weighted by atomic mass is 79.9. The molecule has 3 rings (SSSR count). The number of nitrogens with zero attached hydrogens (tertiary/aromatic N) is 1. The van der Waals surface area contributed by atoms with E-state index in [1.165, 1.54) is 0 Å². The normalized spacial score (nSPS) is 11.0. The van der Waals surface area contributed by atoms with Gasteiger partial charge >= 0.3 is 0 Å². The zero-order valence-electron chi connectivity index (χ0n) is 7.79. The number of rotatable bonds is 1. The van der Waals surface area contributed by atoms with Crippen molar-refractivity contribution < 1.29 is 0 Å². The molecule has 3 aromatic rings. The van der Waals surface area contributed by atoms with Gasteiger partial charge < -0.3 is 4.98 Å². The number of hydrogen-bond acceptors (Lipinski definition) is 1. The summed E-state index contributed by atoms with van der Waals surface area (Å²) < 4.78 is 1.06. The van der Waals surface area contributed by atoms with Crippen LogP contribution in [0.3, 0.4) is 0 Å². The van der Waals surface area contributed by atoms with E-state index < -0.39 is 0 Å². The molecule has 0 bridgehead atoms. The SMILES string of the molecule is Brc1ccc2[nH]nc(-c3ccc[nH]3)c2c1. The summed E-state index contributed by atoms with van der Waals surface area (Å²) in [5.41, 5.74) is 3.03. The predicted octanol–water partition coefficient (Wildman–Crippen LogP) is 3.32. The van der Waals surface area contributed by atoms with Crippen molar-refractivity contribution in [2.75, 3.05) is 0 Å². The molecule has 0 aliphatic heterocycles. The lowest BCUT2D eigenvalue weighted by atomic mass is 10.2. The van der Waals surface area contributed by atoms with Gasteiger partial charge in [-0.1, -0.05) is 15.9 Å². The van der Waals surface area contributed by atoms with Gasteiger partial charge in [-0.25, -0.2) is 0 Å². The molecule has 4 heteroatoms. The molecular formula is C11H8BrN3. The van der Waals surface area contributed by atoms with Gasteiger partial charge in [0, 0.05) is 16.1 Å². The Kier molecular flexibility index (Phi) is 1.89. The number of halogens is 1. The molecule has 1 aromatic carbocycles. The Morgan fingerprint density at radius 1 is 1.20 bits per heavy atom. The highest BCUT2D eigenvalue weighted by Crippen LogP contribution is 2.27. The summed E-state index contributed by atoms with van der Waals surface area (Å²) in [6.07, 6.45) is 1.90.